The van der Waals surface area contributed by atoms with Crippen molar-refractivity contribution in [3.63, 3.8) is 0 Å². The number of rotatable bonds is 5. The van der Waals surface area contributed by atoms with Crippen LogP contribution >= 0.6 is 11.3 Å². The summed E-state index contributed by atoms with van der Waals surface area (Å²) in [5, 5.41) is 4.59. The number of nitrogens with zero attached hydrogens (tertiary/aromatic N) is 1. The van der Waals surface area contributed by atoms with Crippen LogP contribution in [0, 0.1) is 5.92 Å². The number of nitrogens with one attached hydrogen (secondary N) is 1. The lowest BCUT2D eigenvalue weighted by molar-refractivity contribution is -0.186. The van der Waals surface area contributed by atoms with Crippen molar-refractivity contribution < 1.29 is 22.8 Å². The Morgan fingerprint density at radius 2 is 2.17 bits per heavy atom. The molecule has 1 unspecified atom stereocenters. The van der Waals surface area contributed by atoms with E-state index in [9.17, 15) is 22.8 Å². The average molecular weight is 349 g/mol. The van der Waals surface area contributed by atoms with Gasteiger partial charge in [0, 0.05) is 19.5 Å². The van der Waals surface area contributed by atoms with Gasteiger partial charge < -0.3 is 16.0 Å². The van der Waals surface area contributed by atoms with E-state index in [1.807, 2.05) is 0 Å². The van der Waals surface area contributed by atoms with Gasteiger partial charge in [-0.3, -0.25) is 9.59 Å². The maximum absolute atomic E-state index is 12.7. The topological polar surface area (TPSA) is 75.4 Å². The molecule has 0 aliphatic carbocycles. The summed E-state index contributed by atoms with van der Waals surface area (Å²) >= 11 is 1.18. The molecule has 0 bridgehead atoms. The van der Waals surface area contributed by atoms with Crippen LogP contribution in [0.25, 0.3) is 0 Å². The summed E-state index contributed by atoms with van der Waals surface area (Å²) in [6.45, 7) is 0.753. The third kappa shape index (κ3) is 4.93. The summed E-state index contributed by atoms with van der Waals surface area (Å²) in [5.74, 6) is -2.30. The van der Waals surface area contributed by atoms with Gasteiger partial charge in [0.25, 0.3) is 5.91 Å². The molecular formula is C14H18F3N3O2S. The Hall–Kier alpha value is -1.61. The number of halogens is 3. The molecule has 23 heavy (non-hydrogen) atoms. The highest BCUT2D eigenvalue weighted by molar-refractivity contribution is 7.14. The van der Waals surface area contributed by atoms with E-state index in [0.717, 1.165) is 0 Å². The molecule has 3 N–H and O–H groups in total. The number of anilines is 1. The largest absolute Gasteiger partial charge is 0.393 e. The van der Waals surface area contributed by atoms with Crippen LogP contribution in [0.4, 0.5) is 18.2 Å². The fourth-order valence-corrected chi connectivity index (χ4v) is 3.38. The van der Waals surface area contributed by atoms with Gasteiger partial charge in [0.15, 0.2) is 0 Å². The van der Waals surface area contributed by atoms with Crippen LogP contribution in [0.3, 0.4) is 0 Å². The molecule has 1 atom stereocenters. The van der Waals surface area contributed by atoms with Crippen LogP contribution in [0.15, 0.2) is 11.4 Å². The molecule has 1 aromatic heterocycles. The average Bonchev–Trinajstić information content (AvgIpc) is 2.93. The van der Waals surface area contributed by atoms with Crippen LogP contribution in [0.2, 0.25) is 0 Å². The van der Waals surface area contributed by atoms with Gasteiger partial charge in [-0.1, -0.05) is 0 Å². The van der Waals surface area contributed by atoms with Crippen molar-refractivity contribution in [2.24, 2.45) is 11.7 Å². The third-order valence-electron chi connectivity index (χ3n) is 3.81. The van der Waals surface area contributed by atoms with Crippen molar-refractivity contribution in [2.45, 2.75) is 25.4 Å². The summed E-state index contributed by atoms with van der Waals surface area (Å²) in [6, 6.07) is 1.52. The van der Waals surface area contributed by atoms with E-state index in [4.69, 9.17) is 5.73 Å². The predicted octanol–water partition coefficient (Wildman–Crippen LogP) is 2.45. The molecule has 9 heteroatoms. The summed E-state index contributed by atoms with van der Waals surface area (Å²) in [6.07, 6.45) is -3.50. The highest BCUT2D eigenvalue weighted by atomic mass is 32.1. The Morgan fingerprint density at radius 3 is 2.83 bits per heavy atom. The lowest BCUT2D eigenvalue weighted by Gasteiger charge is -2.33. The zero-order chi connectivity index (χ0) is 17.0. The van der Waals surface area contributed by atoms with Gasteiger partial charge in [-0.05, 0) is 30.8 Å². The summed E-state index contributed by atoms with van der Waals surface area (Å²) in [5.41, 5.74) is 5.42. The molecule has 0 saturated carbocycles. The van der Waals surface area contributed by atoms with E-state index < -0.39 is 18.0 Å². The van der Waals surface area contributed by atoms with Crippen LogP contribution in [0.1, 0.15) is 29.6 Å². The van der Waals surface area contributed by atoms with E-state index in [2.05, 4.69) is 5.32 Å². The number of piperidine rings is 1. The molecule has 2 heterocycles. The zero-order valence-corrected chi connectivity index (χ0v) is 13.2. The lowest BCUT2D eigenvalue weighted by atomic mass is 9.97. The summed E-state index contributed by atoms with van der Waals surface area (Å²) in [7, 11) is 0. The molecule has 1 fully saturated rings. The van der Waals surface area contributed by atoms with Gasteiger partial charge in [0.1, 0.15) is 5.00 Å². The van der Waals surface area contributed by atoms with Gasteiger partial charge in [0.05, 0.1) is 11.5 Å². The molecule has 1 saturated heterocycles. The van der Waals surface area contributed by atoms with Crippen LogP contribution in [0.5, 0.6) is 0 Å². The molecule has 1 aromatic rings. The van der Waals surface area contributed by atoms with Crippen LogP contribution in [-0.2, 0) is 4.79 Å². The van der Waals surface area contributed by atoms with Crippen molar-refractivity contribution in [1.29, 1.82) is 0 Å². The SMILES string of the molecule is NC(=O)c1ccsc1NC(=O)CCN1CCCC(C(F)(F)F)C1. The van der Waals surface area contributed by atoms with Crippen molar-refractivity contribution in [1.82, 2.24) is 4.90 Å². The van der Waals surface area contributed by atoms with Gasteiger partial charge in [-0.2, -0.15) is 13.2 Å². The first kappa shape index (κ1) is 17.7. The number of carbonyl (C=O) groups excluding carboxylic acids is 2. The Kier molecular flexibility index (Phi) is 5.64. The minimum absolute atomic E-state index is 0.0671. The van der Waals surface area contributed by atoms with Gasteiger partial charge >= 0.3 is 6.18 Å². The van der Waals surface area contributed by atoms with E-state index in [1.165, 1.54) is 17.4 Å². The summed E-state index contributed by atoms with van der Waals surface area (Å²) in [4.78, 5) is 24.7. The number of primary amides is 1. The number of alkyl halides is 3. The van der Waals surface area contributed by atoms with E-state index in [1.54, 1.807) is 10.3 Å². The molecule has 2 amide bonds. The van der Waals surface area contributed by atoms with Crippen molar-refractivity contribution >= 4 is 28.2 Å². The van der Waals surface area contributed by atoms with Crippen LogP contribution < -0.4 is 11.1 Å². The standard InChI is InChI=1S/C14H18F3N3O2S/c15-14(16,17)9-2-1-5-20(8-9)6-3-11(21)19-13-10(12(18)22)4-7-23-13/h4,7,9H,1-3,5-6,8H2,(H2,18,22)(H,19,21). The maximum Gasteiger partial charge on any atom is 0.393 e. The highest BCUT2D eigenvalue weighted by Gasteiger charge is 2.41. The first-order chi connectivity index (χ1) is 10.8. The Balaban J connectivity index is 1.82. The molecule has 0 radical (unpaired) electrons. The molecule has 5 nitrogen and oxygen atoms in total. The maximum atomic E-state index is 12.7. The lowest BCUT2D eigenvalue weighted by Crippen LogP contribution is -2.42. The monoisotopic (exact) mass is 349 g/mol. The zero-order valence-electron chi connectivity index (χ0n) is 12.4. The highest BCUT2D eigenvalue weighted by Crippen LogP contribution is 2.33. The van der Waals surface area contributed by atoms with Crippen molar-refractivity contribution in [3.8, 4) is 0 Å². The number of nitrogens with two attached hydrogens (primary N) is 1. The molecule has 1 aliphatic rings. The fourth-order valence-electron chi connectivity index (χ4n) is 2.57. The third-order valence-corrected chi connectivity index (χ3v) is 4.64. The number of amides is 2. The number of thiophene rings is 1. The second-order valence-electron chi connectivity index (χ2n) is 5.51. The normalized spacial score (nSPS) is 19.5. The van der Waals surface area contributed by atoms with Gasteiger partial charge in [-0.15, -0.1) is 11.3 Å². The number of carbonyl (C=O) groups is 2. The number of likely N-dealkylation sites (tertiary alicyclic amines) is 1. The van der Waals surface area contributed by atoms with Gasteiger partial charge in [-0.25, -0.2) is 0 Å². The first-order valence-electron chi connectivity index (χ1n) is 7.23. The second kappa shape index (κ2) is 7.31. The van der Waals surface area contributed by atoms with E-state index in [0.29, 0.717) is 18.0 Å². The molecule has 0 spiro atoms. The Labute approximate surface area is 135 Å². The molecule has 1 aliphatic heterocycles. The Morgan fingerprint density at radius 1 is 1.43 bits per heavy atom. The quantitative estimate of drug-likeness (QED) is 0.857. The predicted molar refractivity (Wildman–Crippen MR) is 81.3 cm³/mol. The van der Waals surface area contributed by atoms with Crippen molar-refractivity contribution in [2.75, 3.05) is 25.0 Å². The first-order valence-corrected chi connectivity index (χ1v) is 8.11. The van der Waals surface area contributed by atoms with Crippen LogP contribution in [-0.4, -0.2) is 42.5 Å². The van der Waals surface area contributed by atoms with E-state index in [-0.39, 0.29) is 37.4 Å². The van der Waals surface area contributed by atoms with Crippen molar-refractivity contribution in [3.05, 3.63) is 17.0 Å². The van der Waals surface area contributed by atoms with E-state index >= 15 is 0 Å². The molecular weight excluding hydrogens is 331 g/mol. The second-order valence-corrected chi connectivity index (χ2v) is 6.42. The number of hydrogen-bond acceptors (Lipinski definition) is 4. The Bertz CT molecular complexity index is 574. The smallest absolute Gasteiger partial charge is 0.366 e. The minimum atomic E-state index is -4.19. The molecule has 2 rings (SSSR count). The molecule has 0 aromatic carbocycles. The number of hydrogen-bond donors (Lipinski definition) is 2. The summed E-state index contributed by atoms with van der Waals surface area (Å²) < 4.78 is 38.2. The minimum Gasteiger partial charge on any atom is -0.366 e. The molecule has 128 valence electrons. The van der Waals surface area contributed by atoms with Gasteiger partial charge in [0.2, 0.25) is 5.91 Å². The fraction of sp³-hybridized carbons (Fsp3) is 0.571.